The van der Waals surface area contributed by atoms with E-state index in [1.807, 2.05) is 30.3 Å². The van der Waals surface area contributed by atoms with Crippen molar-refractivity contribution >= 4 is 23.7 Å². The van der Waals surface area contributed by atoms with Crippen molar-refractivity contribution in [2.45, 2.75) is 32.9 Å². The Hall–Kier alpha value is -3.16. The molecule has 0 aliphatic heterocycles. The molecule has 2 aromatic carbocycles. The third kappa shape index (κ3) is 5.67. The first-order valence-electron chi connectivity index (χ1n) is 8.51. The first-order valence-corrected chi connectivity index (χ1v) is 8.51. The highest BCUT2D eigenvalue weighted by molar-refractivity contribution is 5.85. The highest BCUT2D eigenvalue weighted by atomic mass is 19.4. The molecule has 148 valence electrons. The van der Waals surface area contributed by atoms with Crippen LogP contribution in [-0.2, 0) is 6.18 Å². The van der Waals surface area contributed by atoms with E-state index in [1.165, 1.54) is 11.8 Å². The van der Waals surface area contributed by atoms with Gasteiger partial charge in [-0.3, -0.25) is 15.5 Å². The molecule has 5 nitrogen and oxygen atoms in total. The number of allylic oxidation sites excluding steroid dienone is 1. The molecular formula is C20H20F3N3O2. The van der Waals surface area contributed by atoms with Crippen LogP contribution in [0.4, 0.5) is 24.5 Å². The maximum absolute atomic E-state index is 12.7. The Balaban J connectivity index is 2.14. The number of anilines is 1. The molecular weight excluding hydrogens is 371 g/mol. The number of hydrogen-bond donors (Lipinski definition) is 1. The van der Waals surface area contributed by atoms with Crippen LogP contribution in [-0.4, -0.2) is 11.1 Å². The number of halogens is 3. The van der Waals surface area contributed by atoms with Crippen molar-refractivity contribution in [2.75, 3.05) is 5.43 Å². The zero-order valence-electron chi connectivity index (χ0n) is 15.6. The number of benzene rings is 2. The Bertz CT molecular complexity index is 902. The van der Waals surface area contributed by atoms with E-state index < -0.39 is 22.4 Å². The molecule has 2 aromatic rings. The Labute approximate surface area is 160 Å². The van der Waals surface area contributed by atoms with Gasteiger partial charge in [0.25, 0.3) is 5.69 Å². The minimum absolute atomic E-state index is 0.122. The summed E-state index contributed by atoms with van der Waals surface area (Å²) in [5.41, 5.74) is 3.48. The Morgan fingerprint density at radius 1 is 1.18 bits per heavy atom. The van der Waals surface area contributed by atoms with E-state index in [0.717, 1.165) is 23.3 Å². The fourth-order valence-electron chi connectivity index (χ4n) is 2.43. The minimum atomic E-state index is -4.66. The lowest BCUT2D eigenvalue weighted by Gasteiger charge is -2.08. The van der Waals surface area contributed by atoms with Crippen molar-refractivity contribution in [1.29, 1.82) is 0 Å². The second-order valence-electron chi connectivity index (χ2n) is 6.57. The lowest BCUT2D eigenvalue weighted by atomic mass is 10.0. The maximum atomic E-state index is 12.7. The average molecular weight is 391 g/mol. The lowest BCUT2D eigenvalue weighted by molar-refractivity contribution is -0.384. The van der Waals surface area contributed by atoms with Crippen LogP contribution >= 0.6 is 0 Å². The maximum Gasteiger partial charge on any atom is 0.416 e. The zero-order chi connectivity index (χ0) is 20.9. The third-order valence-electron chi connectivity index (χ3n) is 3.97. The van der Waals surface area contributed by atoms with Gasteiger partial charge in [0.1, 0.15) is 5.69 Å². The summed E-state index contributed by atoms with van der Waals surface area (Å²) in [6.45, 7) is 6.01. The van der Waals surface area contributed by atoms with Crippen LogP contribution in [0.5, 0.6) is 0 Å². The molecule has 0 bridgehead atoms. The molecule has 2 rings (SSSR count). The molecule has 0 heterocycles. The van der Waals surface area contributed by atoms with Crippen molar-refractivity contribution in [3.05, 3.63) is 74.8 Å². The molecule has 0 aromatic heterocycles. The van der Waals surface area contributed by atoms with Crippen molar-refractivity contribution in [1.82, 2.24) is 0 Å². The molecule has 0 aliphatic carbocycles. The molecule has 0 atom stereocenters. The quantitative estimate of drug-likeness (QED) is 0.360. The minimum Gasteiger partial charge on any atom is -0.272 e. The van der Waals surface area contributed by atoms with Gasteiger partial charge in [-0.25, -0.2) is 0 Å². The molecule has 0 radical (unpaired) electrons. The van der Waals surface area contributed by atoms with Gasteiger partial charge >= 0.3 is 6.18 Å². The normalized spacial score (nSPS) is 12.6. The molecule has 1 N–H and O–H groups in total. The highest BCUT2D eigenvalue weighted by Gasteiger charge is 2.33. The molecule has 0 amide bonds. The van der Waals surface area contributed by atoms with Crippen molar-refractivity contribution in [3.8, 4) is 0 Å². The summed E-state index contributed by atoms with van der Waals surface area (Å²) in [5.74, 6) is 0.435. The van der Waals surface area contributed by atoms with Crippen LogP contribution in [0.15, 0.2) is 53.1 Å². The van der Waals surface area contributed by atoms with Crippen LogP contribution in [0, 0.1) is 10.1 Å². The predicted octanol–water partition coefficient (Wildman–Crippen LogP) is 6.24. The van der Waals surface area contributed by atoms with Gasteiger partial charge in [0.05, 0.1) is 16.7 Å². The van der Waals surface area contributed by atoms with Gasteiger partial charge in [-0.2, -0.15) is 18.3 Å². The number of nitro groups is 1. The summed E-state index contributed by atoms with van der Waals surface area (Å²) in [6.07, 6.45) is -1.34. The molecule has 0 spiro atoms. The summed E-state index contributed by atoms with van der Waals surface area (Å²) in [7, 11) is 0. The van der Waals surface area contributed by atoms with Gasteiger partial charge in [0.2, 0.25) is 0 Å². The van der Waals surface area contributed by atoms with Gasteiger partial charge in [0.15, 0.2) is 0 Å². The number of nitro benzene ring substituents is 1. The highest BCUT2D eigenvalue weighted by Crippen LogP contribution is 2.34. The van der Waals surface area contributed by atoms with Gasteiger partial charge in [0, 0.05) is 6.07 Å². The monoisotopic (exact) mass is 391 g/mol. The van der Waals surface area contributed by atoms with E-state index in [1.54, 1.807) is 6.92 Å². The smallest absolute Gasteiger partial charge is 0.272 e. The number of nitrogens with zero attached hydrogens (tertiary/aromatic N) is 2. The topological polar surface area (TPSA) is 67.5 Å². The van der Waals surface area contributed by atoms with Crippen LogP contribution < -0.4 is 5.43 Å². The van der Waals surface area contributed by atoms with Crippen molar-refractivity contribution in [3.63, 3.8) is 0 Å². The molecule has 28 heavy (non-hydrogen) atoms. The van der Waals surface area contributed by atoms with Crippen molar-refractivity contribution < 1.29 is 18.1 Å². The number of rotatable bonds is 6. The number of alkyl halides is 3. The second kappa shape index (κ2) is 8.69. The number of nitrogens with one attached hydrogen (secondary N) is 1. The van der Waals surface area contributed by atoms with Crippen LogP contribution in [0.1, 0.15) is 43.4 Å². The van der Waals surface area contributed by atoms with E-state index in [0.29, 0.717) is 12.0 Å². The summed E-state index contributed by atoms with van der Waals surface area (Å²) in [5, 5.41) is 14.9. The van der Waals surface area contributed by atoms with Gasteiger partial charge in [-0.05, 0) is 41.7 Å². The molecule has 0 unspecified atom stereocenters. The largest absolute Gasteiger partial charge is 0.416 e. The lowest BCUT2D eigenvalue weighted by Crippen LogP contribution is -2.06. The standard InChI is InChI=1S/C20H20F3N3O2/c1-13(2)16-6-4-15(5-7-16)10-14(3)12-24-25-18-9-8-17(20(21,22)23)11-19(18)26(27)28/h4-13,25H,1-3H3/b14-10-,24-12?. The number of hydrogen-bond acceptors (Lipinski definition) is 4. The van der Waals surface area contributed by atoms with E-state index in [9.17, 15) is 23.3 Å². The summed E-state index contributed by atoms with van der Waals surface area (Å²) >= 11 is 0. The molecule has 0 fully saturated rings. The van der Waals surface area contributed by atoms with Crippen LogP contribution in [0.2, 0.25) is 0 Å². The fourth-order valence-corrected chi connectivity index (χ4v) is 2.43. The second-order valence-corrected chi connectivity index (χ2v) is 6.57. The average Bonchev–Trinajstić information content (AvgIpc) is 2.61. The Morgan fingerprint density at radius 2 is 1.82 bits per heavy atom. The zero-order valence-corrected chi connectivity index (χ0v) is 15.6. The Morgan fingerprint density at radius 3 is 2.36 bits per heavy atom. The van der Waals surface area contributed by atoms with Gasteiger partial charge < -0.3 is 0 Å². The van der Waals surface area contributed by atoms with E-state index in [2.05, 4.69) is 24.4 Å². The summed E-state index contributed by atoms with van der Waals surface area (Å²) < 4.78 is 38.2. The van der Waals surface area contributed by atoms with Crippen LogP contribution in [0.3, 0.4) is 0 Å². The van der Waals surface area contributed by atoms with Gasteiger partial charge in [-0.15, -0.1) is 0 Å². The first-order chi connectivity index (χ1) is 13.1. The third-order valence-corrected chi connectivity index (χ3v) is 3.97. The molecule has 0 saturated heterocycles. The summed E-state index contributed by atoms with van der Waals surface area (Å²) in [4.78, 5) is 10.2. The summed E-state index contributed by atoms with van der Waals surface area (Å²) in [6, 6.07) is 10.2. The Kier molecular flexibility index (Phi) is 6.56. The van der Waals surface area contributed by atoms with Crippen LogP contribution in [0.25, 0.3) is 6.08 Å². The first kappa shape index (κ1) is 21.1. The van der Waals surface area contributed by atoms with E-state index in [4.69, 9.17) is 0 Å². The molecule has 0 saturated carbocycles. The van der Waals surface area contributed by atoms with E-state index >= 15 is 0 Å². The fraction of sp³-hybridized carbons (Fsp3) is 0.250. The van der Waals surface area contributed by atoms with E-state index in [-0.39, 0.29) is 5.69 Å². The van der Waals surface area contributed by atoms with Gasteiger partial charge in [-0.1, -0.05) is 44.2 Å². The van der Waals surface area contributed by atoms with Crippen molar-refractivity contribution in [2.24, 2.45) is 5.10 Å². The predicted molar refractivity (Wildman–Crippen MR) is 104 cm³/mol. The molecule has 0 aliphatic rings. The number of hydrazone groups is 1. The SMILES string of the molecule is C/C(C=NNc1ccc(C(F)(F)F)cc1[N+](=O)[O-])=C/c1ccc(C(C)C)cc1. The molecule has 8 heteroatoms.